The van der Waals surface area contributed by atoms with Crippen molar-refractivity contribution in [1.82, 2.24) is 0 Å². The molecule has 0 saturated carbocycles. The number of benzene rings is 3. The summed E-state index contributed by atoms with van der Waals surface area (Å²) < 4.78 is 0. The Kier molecular flexibility index (Phi) is 7.53. The summed E-state index contributed by atoms with van der Waals surface area (Å²) in [4.78, 5) is 0. The summed E-state index contributed by atoms with van der Waals surface area (Å²) in [6, 6.07) is 33.2. The average Bonchev–Trinajstić information content (AvgIpc) is 2.77. The van der Waals surface area contributed by atoms with Gasteiger partial charge in [-0.1, -0.05) is 125 Å². The molecule has 0 nitrogen and oxygen atoms in total. The van der Waals surface area contributed by atoms with E-state index in [0.717, 1.165) is 12.8 Å². The minimum Gasteiger partial charge on any atom is -0.0648 e. The van der Waals surface area contributed by atoms with Crippen LogP contribution in [0.3, 0.4) is 0 Å². The lowest BCUT2D eigenvalue weighted by Gasteiger charge is -2.42. The normalized spacial score (nSPS) is 14.8. The Hall–Kier alpha value is -2.34. The smallest absolute Gasteiger partial charge is 0.0103 e. The number of hydrogen-bond acceptors (Lipinski definition) is 0. The second kappa shape index (κ2) is 10.1. The van der Waals surface area contributed by atoms with Crippen molar-refractivity contribution in [3.8, 4) is 0 Å². The quantitative estimate of drug-likeness (QED) is 0.321. The molecule has 0 bridgehead atoms. The van der Waals surface area contributed by atoms with E-state index in [-0.39, 0.29) is 10.8 Å². The molecule has 158 valence electrons. The molecule has 3 aromatic carbocycles. The van der Waals surface area contributed by atoms with Crippen molar-refractivity contribution in [2.75, 3.05) is 0 Å². The molecule has 0 heterocycles. The number of rotatable bonds is 10. The van der Waals surface area contributed by atoms with Crippen LogP contribution in [0.15, 0.2) is 91.0 Å². The second-order valence-electron chi connectivity index (χ2n) is 9.99. The minimum absolute atomic E-state index is 0.241. The molecule has 0 N–H and O–H groups in total. The van der Waals surface area contributed by atoms with Crippen LogP contribution in [0.5, 0.6) is 0 Å². The highest BCUT2D eigenvalue weighted by molar-refractivity contribution is 5.24. The Balaban J connectivity index is 1.85. The highest BCUT2D eigenvalue weighted by Gasteiger charge is 2.37. The van der Waals surface area contributed by atoms with E-state index in [1.165, 1.54) is 36.0 Å². The van der Waals surface area contributed by atoms with Crippen LogP contribution in [-0.4, -0.2) is 0 Å². The fourth-order valence-corrected chi connectivity index (χ4v) is 4.90. The summed E-state index contributed by atoms with van der Waals surface area (Å²) in [7, 11) is 0. The predicted molar refractivity (Wildman–Crippen MR) is 131 cm³/mol. The van der Waals surface area contributed by atoms with Gasteiger partial charge in [0.05, 0.1) is 0 Å². The maximum atomic E-state index is 2.52. The molecule has 0 aliphatic carbocycles. The van der Waals surface area contributed by atoms with Crippen molar-refractivity contribution < 1.29 is 0 Å². The molecule has 0 aliphatic heterocycles. The first-order valence-corrected chi connectivity index (χ1v) is 11.5. The van der Waals surface area contributed by atoms with Crippen molar-refractivity contribution in [3.05, 3.63) is 108 Å². The SMILES string of the molecule is CCC(C)(CCc1ccccc1)C(CC(C)(C)Cc1ccccc1)c1ccccc1. The molecular weight excluding hydrogens is 360 g/mol. The lowest BCUT2D eigenvalue weighted by atomic mass is 9.62. The van der Waals surface area contributed by atoms with Gasteiger partial charge in [0.2, 0.25) is 0 Å². The molecule has 2 atom stereocenters. The summed E-state index contributed by atoms with van der Waals surface area (Å²) in [5, 5.41) is 0. The van der Waals surface area contributed by atoms with Crippen molar-refractivity contribution >= 4 is 0 Å². The third kappa shape index (κ3) is 6.08. The molecule has 0 aromatic heterocycles. The van der Waals surface area contributed by atoms with Gasteiger partial charge >= 0.3 is 0 Å². The van der Waals surface area contributed by atoms with Gasteiger partial charge in [0.15, 0.2) is 0 Å². The molecule has 0 aliphatic rings. The van der Waals surface area contributed by atoms with E-state index in [0.29, 0.717) is 5.92 Å². The Morgan fingerprint density at radius 1 is 0.667 bits per heavy atom. The molecule has 30 heavy (non-hydrogen) atoms. The van der Waals surface area contributed by atoms with E-state index < -0.39 is 0 Å². The summed E-state index contributed by atoms with van der Waals surface area (Å²) >= 11 is 0. The molecule has 0 fully saturated rings. The standard InChI is InChI=1S/C30H38/c1-5-30(4,22-21-25-15-9-6-10-16-25)28(27-19-13-8-14-20-27)24-29(2,3)23-26-17-11-7-12-18-26/h6-20,28H,5,21-24H2,1-4H3. The Morgan fingerprint density at radius 3 is 1.70 bits per heavy atom. The zero-order chi connectivity index (χ0) is 21.5. The highest BCUT2D eigenvalue weighted by Crippen LogP contribution is 2.49. The van der Waals surface area contributed by atoms with Crippen LogP contribution in [0.25, 0.3) is 0 Å². The molecule has 3 aromatic rings. The fraction of sp³-hybridized carbons (Fsp3) is 0.400. The fourth-order valence-electron chi connectivity index (χ4n) is 4.90. The van der Waals surface area contributed by atoms with Gasteiger partial charge in [0.25, 0.3) is 0 Å². The molecular formula is C30H38. The molecule has 2 unspecified atom stereocenters. The maximum Gasteiger partial charge on any atom is -0.0103 e. The second-order valence-corrected chi connectivity index (χ2v) is 9.99. The monoisotopic (exact) mass is 398 g/mol. The van der Waals surface area contributed by atoms with Gasteiger partial charge in [-0.3, -0.25) is 0 Å². The van der Waals surface area contributed by atoms with Crippen molar-refractivity contribution in [2.24, 2.45) is 10.8 Å². The first-order chi connectivity index (χ1) is 14.4. The lowest BCUT2D eigenvalue weighted by Crippen LogP contribution is -2.31. The maximum absolute atomic E-state index is 2.52. The van der Waals surface area contributed by atoms with Gasteiger partial charge in [-0.25, -0.2) is 0 Å². The van der Waals surface area contributed by atoms with Gasteiger partial charge in [0.1, 0.15) is 0 Å². The molecule has 3 rings (SSSR count). The van der Waals surface area contributed by atoms with Crippen LogP contribution < -0.4 is 0 Å². The first kappa shape index (κ1) is 22.3. The van der Waals surface area contributed by atoms with Gasteiger partial charge in [-0.15, -0.1) is 0 Å². The van der Waals surface area contributed by atoms with E-state index in [4.69, 9.17) is 0 Å². The van der Waals surface area contributed by atoms with Crippen molar-refractivity contribution in [2.45, 2.75) is 65.7 Å². The number of hydrogen-bond donors (Lipinski definition) is 0. The summed E-state index contributed by atoms with van der Waals surface area (Å²) in [6.45, 7) is 9.80. The van der Waals surface area contributed by atoms with E-state index in [2.05, 4.69) is 119 Å². The third-order valence-corrected chi connectivity index (χ3v) is 6.96. The highest BCUT2D eigenvalue weighted by atomic mass is 14.4. The third-order valence-electron chi connectivity index (χ3n) is 6.96. The Morgan fingerprint density at radius 2 is 1.17 bits per heavy atom. The summed E-state index contributed by atoms with van der Waals surface area (Å²) in [6.07, 6.45) is 5.88. The Labute approximate surface area is 184 Å². The number of aryl methyl sites for hydroxylation is 1. The molecule has 0 heteroatoms. The zero-order valence-corrected chi connectivity index (χ0v) is 19.3. The zero-order valence-electron chi connectivity index (χ0n) is 19.3. The van der Waals surface area contributed by atoms with Gasteiger partial charge < -0.3 is 0 Å². The van der Waals surface area contributed by atoms with Gasteiger partial charge in [-0.05, 0) is 59.1 Å². The summed E-state index contributed by atoms with van der Waals surface area (Å²) in [5.74, 6) is 0.547. The van der Waals surface area contributed by atoms with Crippen LogP contribution in [0.2, 0.25) is 0 Å². The van der Waals surface area contributed by atoms with Crippen LogP contribution >= 0.6 is 0 Å². The topological polar surface area (TPSA) is 0 Å². The van der Waals surface area contributed by atoms with Crippen LogP contribution in [0, 0.1) is 10.8 Å². The van der Waals surface area contributed by atoms with Crippen molar-refractivity contribution in [1.29, 1.82) is 0 Å². The largest absolute Gasteiger partial charge is 0.0648 e. The molecule has 0 radical (unpaired) electrons. The lowest BCUT2D eigenvalue weighted by molar-refractivity contribution is 0.161. The van der Waals surface area contributed by atoms with E-state index >= 15 is 0 Å². The average molecular weight is 399 g/mol. The molecule has 0 saturated heterocycles. The predicted octanol–water partition coefficient (Wildman–Crippen LogP) is 8.48. The van der Waals surface area contributed by atoms with E-state index in [1.54, 1.807) is 0 Å². The van der Waals surface area contributed by atoms with Gasteiger partial charge in [0, 0.05) is 0 Å². The van der Waals surface area contributed by atoms with Crippen LogP contribution in [0.4, 0.5) is 0 Å². The molecule has 0 amide bonds. The minimum atomic E-state index is 0.241. The van der Waals surface area contributed by atoms with Crippen molar-refractivity contribution in [3.63, 3.8) is 0 Å². The van der Waals surface area contributed by atoms with Crippen LogP contribution in [-0.2, 0) is 12.8 Å². The summed E-state index contributed by atoms with van der Waals surface area (Å²) in [5.41, 5.74) is 4.90. The van der Waals surface area contributed by atoms with E-state index in [1.807, 2.05) is 0 Å². The molecule has 0 spiro atoms. The van der Waals surface area contributed by atoms with E-state index in [9.17, 15) is 0 Å². The van der Waals surface area contributed by atoms with Gasteiger partial charge in [-0.2, -0.15) is 0 Å². The first-order valence-electron chi connectivity index (χ1n) is 11.5. The Bertz CT molecular complexity index is 864. The van der Waals surface area contributed by atoms with Crippen LogP contribution in [0.1, 0.15) is 69.6 Å².